The van der Waals surface area contributed by atoms with Crippen LogP contribution >= 0.6 is 0 Å². The van der Waals surface area contributed by atoms with Gasteiger partial charge in [0.05, 0.1) is 18.5 Å². The molecule has 0 saturated carbocycles. The molecule has 0 radical (unpaired) electrons. The van der Waals surface area contributed by atoms with Crippen molar-refractivity contribution in [1.82, 2.24) is 4.90 Å². The summed E-state index contributed by atoms with van der Waals surface area (Å²) in [7, 11) is 0. The van der Waals surface area contributed by atoms with E-state index in [9.17, 15) is 9.59 Å². The van der Waals surface area contributed by atoms with Gasteiger partial charge in [-0.15, -0.1) is 0 Å². The molecule has 110 valence electrons. The minimum absolute atomic E-state index is 0.0342. The highest BCUT2D eigenvalue weighted by molar-refractivity contribution is 6.05. The number of para-hydroxylation sites is 1. The van der Waals surface area contributed by atoms with Gasteiger partial charge in [-0.2, -0.15) is 0 Å². The minimum Gasteiger partial charge on any atom is -0.367 e. The van der Waals surface area contributed by atoms with Crippen molar-refractivity contribution in [2.24, 2.45) is 11.8 Å². The number of carbonyl (C=O) groups excluding carboxylic acids is 2. The van der Waals surface area contributed by atoms with Gasteiger partial charge >= 0.3 is 0 Å². The van der Waals surface area contributed by atoms with Crippen LogP contribution in [0.3, 0.4) is 0 Å². The number of benzene rings is 1. The van der Waals surface area contributed by atoms with E-state index in [2.05, 4.69) is 5.32 Å². The molecule has 2 amide bonds. The number of hydrogen-bond donors (Lipinski definition) is 1. The highest BCUT2D eigenvalue weighted by Gasteiger charge is 2.46. The first kappa shape index (κ1) is 13.9. The standard InChI is InChI=1S/C17H20N2O2/c1-11-6-5-7-12(2)15(11)18-10-19-16(20)13-8-3-4-9-14(13)17(19)21/h3-7,13-14,18H,8-10H2,1-2H3. The zero-order chi connectivity index (χ0) is 15.0. The van der Waals surface area contributed by atoms with Gasteiger partial charge in [-0.1, -0.05) is 30.4 Å². The van der Waals surface area contributed by atoms with E-state index in [-0.39, 0.29) is 30.3 Å². The summed E-state index contributed by atoms with van der Waals surface area (Å²) in [6, 6.07) is 6.04. The van der Waals surface area contributed by atoms with Crippen LogP contribution in [0, 0.1) is 25.7 Å². The molecule has 0 aromatic heterocycles. The van der Waals surface area contributed by atoms with E-state index in [1.165, 1.54) is 4.90 Å². The second-order valence-electron chi connectivity index (χ2n) is 5.86. The fourth-order valence-corrected chi connectivity index (χ4v) is 3.28. The van der Waals surface area contributed by atoms with Crippen molar-refractivity contribution < 1.29 is 9.59 Å². The number of carbonyl (C=O) groups is 2. The molecule has 2 unspecified atom stereocenters. The molecule has 0 bridgehead atoms. The van der Waals surface area contributed by atoms with E-state index < -0.39 is 0 Å². The van der Waals surface area contributed by atoms with E-state index in [4.69, 9.17) is 0 Å². The number of allylic oxidation sites excluding steroid dienone is 2. The summed E-state index contributed by atoms with van der Waals surface area (Å²) in [5, 5.41) is 3.26. The van der Waals surface area contributed by atoms with Crippen molar-refractivity contribution in [2.45, 2.75) is 26.7 Å². The van der Waals surface area contributed by atoms with Gasteiger partial charge in [0.1, 0.15) is 0 Å². The Bertz CT molecular complexity index is 575. The molecule has 1 saturated heterocycles. The molecule has 3 rings (SSSR count). The van der Waals surface area contributed by atoms with E-state index >= 15 is 0 Å². The van der Waals surface area contributed by atoms with Crippen LogP contribution < -0.4 is 5.32 Å². The molecular weight excluding hydrogens is 264 g/mol. The molecule has 1 aromatic carbocycles. The third kappa shape index (κ3) is 2.35. The Hall–Kier alpha value is -2.10. The fourth-order valence-electron chi connectivity index (χ4n) is 3.28. The molecule has 4 heteroatoms. The van der Waals surface area contributed by atoms with Gasteiger partial charge in [-0.3, -0.25) is 14.5 Å². The smallest absolute Gasteiger partial charge is 0.234 e. The maximum atomic E-state index is 12.4. The predicted molar refractivity (Wildman–Crippen MR) is 81.6 cm³/mol. The van der Waals surface area contributed by atoms with Gasteiger partial charge < -0.3 is 5.32 Å². The average Bonchev–Trinajstić information content (AvgIpc) is 2.72. The second kappa shape index (κ2) is 5.35. The SMILES string of the molecule is Cc1cccc(C)c1NCN1C(=O)C2CC=CCC2C1=O. The largest absolute Gasteiger partial charge is 0.367 e. The number of aryl methyl sites for hydroxylation is 2. The number of nitrogens with zero attached hydrogens (tertiary/aromatic N) is 1. The second-order valence-corrected chi connectivity index (χ2v) is 5.86. The minimum atomic E-state index is -0.151. The van der Waals surface area contributed by atoms with Crippen LogP contribution in [0.15, 0.2) is 30.4 Å². The van der Waals surface area contributed by atoms with Gasteiger partial charge in [0.25, 0.3) is 0 Å². The highest BCUT2D eigenvalue weighted by Crippen LogP contribution is 2.35. The third-order valence-corrected chi connectivity index (χ3v) is 4.49. The van der Waals surface area contributed by atoms with Crippen LogP contribution in [-0.4, -0.2) is 23.4 Å². The zero-order valence-corrected chi connectivity index (χ0v) is 12.4. The Morgan fingerprint density at radius 1 is 1.05 bits per heavy atom. The lowest BCUT2D eigenvalue weighted by molar-refractivity contribution is -0.139. The molecule has 0 spiro atoms. The molecule has 1 fully saturated rings. The van der Waals surface area contributed by atoms with Gasteiger partial charge in [-0.05, 0) is 37.8 Å². The molecule has 1 aliphatic carbocycles. The van der Waals surface area contributed by atoms with Crippen molar-refractivity contribution in [2.75, 3.05) is 12.0 Å². The van der Waals surface area contributed by atoms with Crippen LogP contribution in [0.5, 0.6) is 0 Å². The number of rotatable bonds is 3. The summed E-state index contributed by atoms with van der Waals surface area (Å²) in [6.45, 7) is 4.30. The van der Waals surface area contributed by atoms with Gasteiger partial charge in [0.2, 0.25) is 11.8 Å². The number of hydrogen-bond acceptors (Lipinski definition) is 3. The first-order chi connectivity index (χ1) is 10.1. The normalized spacial score (nSPS) is 24.4. The summed E-state index contributed by atoms with van der Waals surface area (Å²) in [5.74, 6) is -0.370. The van der Waals surface area contributed by atoms with Crippen molar-refractivity contribution in [3.05, 3.63) is 41.5 Å². The van der Waals surface area contributed by atoms with Crippen LogP contribution in [0.25, 0.3) is 0 Å². The molecule has 4 nitrogen and oxygen atoms in total. The lowest BCUT2D eigenvalue weighted by atomic mass is 9.85. The lowest BCUT2D eigenvalue weighted by Crippen LogP contribution is -2.35. The zero-order valence-electron chi connectivity index (χ0n) is 12.4. The van der Waals surface area contributed by atoms with Crippen molar-refractivity contribution in [3.63, 3.8) is 0 Å². The van der Waals surface area contributed by atoms with Crippen LogP contribution in [0.1, 0.15) is 24.0 Å². The highest BCUT2D eigenvalue weighted by atomic mass is 16.2. The molecular formula is C17H20N2O2. The first-order valence-electron chi connectivity index (χ1n) is 7.40. The quantitative estimate of drug-likeness (QED) is 0.685. The molecule has 2 atom stereocenters. The summed E-state index contributed by atoms with van der Waals surface area (Å²) >= 11 is 0. The van der Waals surface area contributed by atoms with Crippen molar-refractivity contribution >= 4 is 17.5 Å². The first-order valence-corrected chi connectivity index (χ1v) is 7.40. The van der Waals surface area contributed by atoms with Gasteiger partial charge in [0.15, 0.2) is 0 Å². The summed E-state index contributed by atoms with van der Waals surface area (Å²) in [4.78, 5) is 26.1. The number of anilines is 1. The predicted octanol–water partition coefficient (Wildman–Crippen LogP) is 2.62. The molecule has 1 aliphatic heterocycles. The van der Waals surface area contributed by atoms with Gasteiger partial charge in [0, 0.05) is 5.69 Å². The molecule has 1 N–H and O–H groups in total. The summed E-state index contributed by atoms with van der Waals surface area (Å²) in [5.41, 5.74) is 3.24. The van der Waals surface area contributed by atoms with E-state index in [1.807, 2.05) is 44.2 Å². The van der Waals surface area contributed by atoms with Crippen LogP contribution in [-0.2, 0) is 9.59 Å². The maximum Gasteiger partial charge on any atom is 0.234 e. The number of amides is 2. The Balaban J connectivity index is 1.74. The molecule has 21 heavy (non-hydrogen) atoms. The number of nitrogens with one attached hydrogen (secondary N) is 1. The van der Waals surface area contributed by atoms with Gasteiger partial charge in [-0.25, -0.2) is 0 Å². The Kier molecular flexibility index (Phi) is 3.53. The number of fused-ring (bicyclic) bond motifs is 1. The monoisotopic (exact) mass is 284 g/mol. The lowest BCUT2D eigenvalue weighted by Gasteiger charge is -2.19. The average molecular weight is 284 g/mol. The number of likely N-dealkylation sites (tertiary alicyclic amines) is 1. The van der Waals surface area contributed by atoms with E-state index in [0.29, 0.717) is 12.8 Å². The van der Waals surface area contributed by atoms with E-state index in [1.54, 1.807) is 0 Å². The Morgan fingerprint density at radius 2 is 1.57 bits per heavy atom. The third-order valence-electron chi connectivity index (χ3n) is 4.49. The Morgan fingerprint density at radius 3 is 2.10 bits per heavy atom. The molecule has 2 aliphatic rings. The van der Waals surface area contributed by atoms with Crippen molar-refractivity contribution in [3.8, 4) is 0 Å². The Labute approximate surface area is 124 Å². The topological polar surface area (TPSA) is 49.4 Å². The van der Waals surface area contributed by atoms with Crippen molar-refractivity contribution in [1.29, 1.82) is 0 Å². The number of imide groups is 1. The maximum absolute atomic E-state index is 12.4. The fraction of sp³-hybridized carbons (Fsp3) is 0.412. The summed E-state index contributed by atoms with van der Waals surface area (Å²) < 4.78 is 0. The molecule has 1 heterocycles. The summed E-state index contributed by atoms with van der Waals surface area (Å²) in [6.07, 6.45) is 5.40. The van der Waals surface area contributed by atoms with Crippen LogP contribution in [0.2, 0.25) is 0 Å². The van der Waals surface area contributed by atoms with E-state index in [0.717, 1.165) is 16.8 Å². The van der Waals surface area contributed by atoms with Crippen LogP contribution in [0.4, 0.5) is 5.69 Å². The molecule has 1 aromatic rings.